The summed E-state index contributed by atoms with van der Waals surface area (Å²) in [6.45, 7) is 6.20. The second-order valence-electron chi connectivity index (χ2n) is 8.65. The average Bonchev–Trinajstić information content (AvgIpc) is 3.03. The minimum absolute atomic E-state index is 0.0611. The molecule has 0 spiro atoms. The van der Waals surface area contributed by atoms with Gasteiger partial charge in [0.2, 0.25) is 0 Å². The summed E-state index contributed by atoms with van der Waals surface area (Å²) >= 11 is 0. The van der Waals surface area contributed by atoms with Gasteiger partial charge in [-0.15, -0.1) is 0 Å². The van der Waals surface area contributed by atoms with Crippen molar-refractivity contribution in [2.24, 2.45) is 0 Å². The van der Waals surface area contributed by atoms with Gasteiger partial charge in [0.25, 0.3) is 23.5 Å². The van der Waals surface area contributed by atoms with E-state index in [1.165, 1.54) is 6.07 Å². The molecule has 1 N–H and O–H groups in total. The number of amides is 3. The summed E-state index contributed by atoms with van der Waals surface area (Å²) in [6.07, 6.45) is 0. The summed E-state index contributed by atoms with van der Waals surface area (Å²) in [5.41, 5.74) is 2.57. The first kappa shape index (κ1) is 21.2. The molecule has 6 heteroatoms. The quantitative estimate of drug-likeness (QED) is 0.375. The van der Waals surface area contributed by atoms with Gasteiger partial charge in [0.1, 0.15) is 0 Å². The SMILES string of the molecule is CC(C)(C)c1ccc(C(=O)C(=O)Nc2cccc(N3C(=O)c4ccccc4C3=O)c2)cc1. The zero-order chi connectivity index (χ0) is 23.0. The standard InChI is InChI=1S/C26H22N2O4/c1-26(2,3)17-13-11-16(12-14-17)22(29)23(30)27-18-7-6-8-19(15-18)28-24(31)20-9-4-5-10-21(20)25(28)32/h4-15H,1-3H3,(H,27,30). The van der Waals surface area contributed by atoms with Crippen molar-refractivity contribution < 1.29 is 19.2 Å². The van der Waals surface area contributed by atoms with Crippen LogP contribution in [0.3, 0.4) is 0 Å². The number of carbonyl (C=O) groups excluding carboxylic acids is 4. The monoisotopic (exact) mass is 426 g/mol. The molecule has 32 heavy (non-hydrogen) atoms. The zero-order valence-corrected chi connectivity index (χ0v) is 18.0. The second kappa shape index (κ2) is 7.89. The molecule has 0 bridgehead atoms. The Morgan fingerprint density at radius 2 is 1.38 bits per heavy atom. The fraction of sp³-hybridized carbons (Fsp3) is 0.154. The number of anilines is 2. The largest absolute Gasteiger partial charge is 0.319 e. The molecule has 4 rings (SSSR count). The van der Waals surface area contributed by atoms with E-state index in [0.717, 1.165) is 10.5 Å². The van der Waals surface area contributed by atoms with E-state index >= 15 is 0 Å². The van der Waals surface area contributed by atoms with Crippen molar-refractivity contribution in [1.29, 1.82) is 0 Å². The van der Waals surface area contributed by atoms with Gasteiger partial charge in [0, 0.05) is 11.3 Å². The molecule has 0 saturated heterocycles. The zero-order valence-electron chi connectivity index (χ0n) is 18.0. The number of hydrogen-bond acceptors (Lipinski definition) is 4. The molecule has 1 aliphatic heterocycles. The Labute approximate surface area is 185 Å². The molecule has 0 unspecified atom stereocenters. The summed E-state index contributed by atoms with van der Waals surface area (Å²) < 4.78 is 0. The van der Waals surface area contributed by atoms with Gasteiger partial charge in [-0.25, -0.2) is 4.90 Å². The summed E-state index contributed by atoms with van der Waals surface area (Å²) in [6, 6.07) is 19.8. The molecule has 0 atom stereocenters. The Balaban J connectivity index is 1.52. The molecule has 3 aromatic carbocycles. The number of carbonyl (C=O) groups is 4. The maximum absolute atomic E-state index is 12.7. The van der Waals surface area contributed by atoms with E-state index in [9.17, 15) is 19.2 Å². The third-order valence-corrected chi connectivity index (χ3v) is 5.38. The predicted molar refractivity (Wildman–Crippen MR) is 122 cm³/mol. The fourth-order valence-corrected chi connectivity index (χ4v) is 3.59. The smallest absolute Gasteiger partial charge is 0.296 e. The van der Waals surface area contributed by atoms with Crippen molar-refractivity contribution >= 4 is 34.9 Å². The molecule has 3 aromatic rings. The normalized spacial score (nSPS) is 13.2. The van der Waals surface area contributed by atoms with Crippen LogP contribution in [0.1, 0.15) is 57.4 Å². The lowest BCUT2D eigenvalue weighted by Gasteiger charge is -2.19. The van der Waals surface area contributed by atoms with Gasteiger partial charge in [-0.3, -0.25) is 19.2 Å². The van der Waals surface area contributed by atoms with Crippen molar-refractivity contribution in [1.82, 2.24) is 0 Å². The van der Waals surface area contributed by atoms with Gasteiger partial charge >= 0.3 is 0 Å². The molecule has 1 aliphatic rings. The van der Waals surface area contributed by atoms with Crippen molar-refractivity contribution in [3.63, 3.8) is 0 Å². The van der Waals surface area contributed by atoms with Crippen LogP contribution < -0.4 is 10.2 Å². The number of hydrogen-bond donors (Lipinski definition) is 1. The second-order valence-corrected chi connectivity index (χ2v) is 8.65. The predicted octanol–water partition coefficient (Wildman–Crippen LogP) is 4.61. The van der Waals surface area contributed by atoms with Gasteiger partial charge in [0.15, 0.2) is 0 Å². The van der Waals surface area contributed by atoms with Crippen LogP contribution in [0.4, 0.5) is 11.4 Å². The lowest BCUT2D eigenvalue weighted by Crippen LogP contribution is -2.29. The van der Waals surface area contributed by atoms with Gasteiger partial charge < -0.3 is 5.32 Å². The van der Waals surface area contributed by atoms with Gasteiger partial charge in [-0.1, -0.05) is 63.2 Å². The third kappa shape index (κ3) is 3.83. The van der Waals surface area contributed by atoms with Crippen molar-refractivity contribution in [3.8, 4) is 0 Å². The molecular formula is C26H22N2O4. The van der Waals surface area contributed by atoms with Crippen LogP contribution in [0.5, 0.6) is 0 Å². The van der Waals surface area contributed by atoms with E-state index in [4.69, 9.17) is 0 Å². The van der Waals surface area contributed by atoms with Crippen LogP contribution in [-0.2, 0) is 10.2 Å². The summed E-state index contributed by atoms with van der Waals surface area (Å²) in [4.78, 5) is 51.6. The molecule has 1 heterocycles. The van der Waals surface area contributed by atoms with E-state index in [-0.39, 0.29) is 11.0 Å². The highest BCUT2D eigenvalue weighted by Crippen LogP contribution is 2.30. The maximum Gasteiger partial charge on any atom is 0.296 e. The number of nitrogens with one attached hydrogen (secondary N) is 1. The lowest BCUT2D eigenvalue weighted by molar-refractivity contribution is -0.112. The Hall–Kier alpha value is -4.06. The van der Waals surface area contributed by atoms with E-state index < -0.39 is 23.5 Å². The molecule has 0 fully saturated rings. The van der Waals surface area contributed by atoms with Crippen molar-refractivity contribution in [2.75, 3.05) is 10.2 Å². The minimum atomic E-state index is -0.798. The van der Waals surface area contributed by atoms with E-state index in [0.29, 0.717) is 22.5 Å². The first-order valence-corrected chi connectivity index (χ1v) is 10.2. The molecule has 160 valence electrons. The molecule has 3 amide bonds. The number of benzene rings is 3. The van der Waals surface area contributed by atoms with Gasteiger partial charge in [-0.05, 0) is 41.3 Å². The molecule has 0 aliphatic carbocycles. The van der Waals surface area contributed by atoms with Gasteiger partial charge in [0.05, 0.1) is 16.8 Å². The Kier molecular flexibility index (Phi) is 5.22. The van der Waals surface area contributed by atoms with Crippen molar-refractivity contribution in [2.45, 2.75) is 26.2 Å². The number of Topliss-reactive ketones (excluding diaryl/α,β-unsaturated/α-hetero) is 1. The van der Waals surface area contributed by atoms with Crippen LogP contribution >= 0.6 is 0 Å². The number of ketones is 1. The van der Waals surface area contributed by atoms with Gasteiger partial charge in [-0.2, -0.15) is 0 Å². The molecule has 6 nitrogen and oxygen atoms in total. The molecule has 0 aromatic heterocycles. The fourth-order valence-electron chi connectivity index (χ4n) is 3.59. The Morgan fingerprint density at radius 1 is 0.781 bits per heavy atom. The van der Waals surface area contributed by atoms with E-state index in [1.807, 2.05) is 12.1 Å². The average molecular weight is 426 g/mol. The summed E-state index contributed by atoms with van der Waals surface area (Å²) in [7, 11) is 0. The first-order chi connectivity index (χ1) is 15.2. The molecular weight excluding hydrogens is 404 g/mol. The highest BCUT2D eigenvalue weighted by molar-refractivity contribution is 6.46. The summed E-state index contributed by atoms with van der Waals surface area (Å²) in [5, 5.41) is 2.56. The number of imide groups is 1. The van der Waals surface area contributed by atoms with Crippen molar-refractivity contribution in [3.05, 3.63) is 95.1 Å². The minimum Gasteiger partial charge on any atom is -0.319 e. The highest BCUT2D eigenvalue weighted by Gasteiger charge is 2.36. The summed E-state index contributed by atoms with van der Waals surface area (Å²) in [5.74, 6) is -2.32. The third-order valence-electron chi connectivity index (χ3n) is 5.38. The topological polar surface area (TPSA) is 83.6 Å². The van der Waals surface area contributed by atoms with Crippen LogP contribution in [0, 0.1) is 0 Å². The lowest BCUT2D eigenvalue weighted by atomic mass is 9.86. The van der Waals surface area contributed by atoms with Crippen LogP contribution in [0.25, 0.3) is 0 Å². The number of fused-ring (bicyclic) bond motifs is 1. The van der Waals surface area contributed by atoms with E-state index in [1.54, 1.807) is 54.6 Å². The van der Waals surface area contributed by atoms with Crippen LogP contribution in [0.15, 0.2) is 72.8 Å². The highest BCUT2D eigenvalue weighted by atomic mass is 16.2. The Bertz CT molecular complexity index is 1220. The Morgan fingerprint density at radius 3 is 1.94 bits per heavy atom. The van der Waals surface area contributed by atoms with Crippen LogP contribution in [-0.4, -0.2) is 23.5 Å². The van der Waals surface area contributed by atoms with E-state index in [2.05, 4.69) is 26.1 Å². The number of rotatable bonds is 4. The number of nitrogens with zero attached hydrogens (tertiary/aromatic N) is 1. The molecule has 0 saturated carbocycles. The maximum atomic E-state index is 12.7. The van der Waals surface area contributed by atoms with Crippen LogP contribution in [0.2, 0.25) is 0 Å². The first-order valence-electron chi connectivity index (χ1n) is 10.2. The molecule has 0 radical (unpaired) electrons.